The van der Waals surface area contributed by atoms with E-state index in [0.29, 0.717) is 0 Å². The number of hydrogen-bond donors (Lipinski definition) is 0. The van der Waals surface area contributed by atoms with Crippen LogP contribution in [0.25, 0.3) is 11.0 Å². The van der Waals surface area contributed by atoms with Crippen molar-refractivity contribution in [3.8, 4) is 0 Å². The van der Waals surface area contributed by atoms with E-state index in [1.165, 1.54) is 30.3 Å². The number of fused-ring (bicyclic) bond motifs is 1. The van der Waals surface area contributed by atoms with Gasteiger partial charge in [-0.25, -0.2) is 4.98 Å². The highest BCUT2D eigenvalue weighted by atomic mass is 35.5. The second-order valence-corrected chi connectivity index (χ2v) is 6.37. The Labute approximate surface area is 113 Å². The van der Waals surface area contributed by atoms with Gasteiger partial charge in [0.05, 0.1) is 16.4 Å². The number of hydrogen-bond acceptors (Lipinski definition) is 1. The van der Waals surface area contributed by atoms with Crippen LogP contribution < -0.4 is 0 Å². The average Bonchev–Trinajstić information content (AvgIpc) is 2.67. The van der Waals surface area contributed by atoms with Crippen LogP contribution in [0.1, 0.15) is 49.9 Å². The molecule has 0 N–H and O–H groups in total. The Morgan fingerprint density at radius 2 is 2.11 bits per heavy atom. The molecule has 1 unspecified atom stereocenters. The monoisotopic (exact) mass is 262 g/mol. The third kappa shape index (κ3) is 1.58. The van der Waals surface area contributed by atoms with Crippen LogP contribution in [0, 0.1) is 6.92 Å². The lowest BCUT2D eigenvalue weighted by atomic mass is 9.78. The molecule has 1 aromatic carbocycles. The van der Waals surface area contributed by atoms with Gasteiger partial charge in [0, 0.05) is 5.54 Å². The van der Waals surface area contributed by atoms with Crippen molar-refractivity contribution in [1.29, 1.82) is 0 Å². The first-order valence-corrected chi connectivity index (χ1v) is 7.09. The van der Waals surface area contributed by atoms with Crippen molar-refractivity contribution < 1.29 is 0 Å². The highest BCUT2D eigenvalue weighted by molar-refractivity contribution is 6.20. The quantitative estimate of drug-likeness (QED) is 0.727. The fourth-order valence-corrected chi connectivity index (χ4v) is 3.15. The lowest BCUT2D eigenvalue weighted by Crippen LogP contribution is -2.38. The maximum absolute atomic E-state index is 6.34. The number of imidazole rings is 1. The molecular formula is C15H19ClN2. The van der Waals surface area contributed by atoms with Gasteiger partial charge < -0.3 is 4.57 Å². The van der Waals surface area contributed by atoms with Gasteiger partial charge in [-0.15, -0.1) is 11.6 Å². The summed E-state index contributed by atoms with van der Waals surface area (Å²) in [6.45, 7) is 6.45. The van der Waals surface area contributed by atoms with Crippen LogP contribution in [0.4, 0.5) is 0 Å². The van der Waals surface area contributed by atoms with Crippen molar-refractivity contribution in [2.24, 2.45) is 0 Å². The second-order valence-electron chi connectivity index (χ2n) is 5.71. The van der Waals surface area contributed by atoms with Crippen molar-refractivity contribution in [2.75, 3.05) is 0 Å². The molecular weight excluding hydrogens is 244 g/mol. The van der Waals surface area contributed by atoms with E-state index in [2.05, 4.69) is 36.6 Å². The third-order valence-corrected chi connectivity index (χ3v) is 4.43. The van der Waals surface area contributed by atoms with Crippen LogP contribution in [0.2, 0.25) is 0 Å². The maximum Gasteiger partial charge on any atom is 0.128 e. The molecule has 2 nitrogen and oxygen atoms in total. The zero-order chi connectivity index (χ0) is 12.9. The first-order valence-electron chi connectivity index (χ1n) is 6.65. The number of benzene rings is 1. The van der Waals surface area contributed by atoms with Crippen LogP contribution in [0.15, 0.2) is 18.2 Å². The Kier molecular flexibility index (Phi) is 2.67. The molecule has 3 heteroatoms. The predicted octanol–water partition coefficient (Wildman–Crippen LogP) is 4.54. The summed E-state index contributed by atoms with van der Waals surface area (Å²) in [5, 5.41) is -0.0470. The van der Waals surface area contributed by atoms with Crippen molar-refractivity contribution >= 4 is 22.6 Å². The van der Waals surface area contributed by atoms with Gasteiger partial charge in [-0.1, -0.05) is 12.1 Å². The van der Waals surface area contributed by atoms with Gasteiger partial charge in [-0.05, 0) is 51.7 Å². The van der Waals surface area contributed by atoms with E-state index >= 15 is 0 Å². The SMILES string of the molecule is Cc1cccc2c1nc(C(C)Cl)n2C1(C)CCC1. The normalized spacial score (nSPS) is 19.8. The molecule has 1 aliphatic carbocycles. The molecule has 1 aliphatic rings. The van der Waals surface area contributed by atoms with E-state index in [-0.39, 0.29) is 10.9 Å². The first kappa shape index (κ1) is 12.0. The lowest BCUT2D eigenvalue weighted by Gasteiger charge is -2.41. The summed E-state index contributed by atoms with van der Waals surface area (Å²) in [6, 6.07) is 6.40. The highest BCUT2D eigenvalue weighted by Crippen LogP contribution is 2.43. The fourth-order valence-electron chi connectivity index (χ4n) is 3.00. The molecule has 1 heterocycles. The van der Waals surface area contributed by atoms with Crippen LogP contribution in [0.3, 0.4) is 0 Å². The molecule has 18 heavy (non-hydrogen) atoms. The molecule has 0 aliphatic heterocycles. The number of nitrogens with zero attached hydrogens (tertiary/aromatic N) is 2. The summed E-state index contributed by atoms with van der Waals surface area (Å²) in [4.78, 5) is 4.79. The van der Waals surface area contributed by atoms with E-state index in [1.54, 1.807) is 0 Å². The zero-order valence-electron chi connectivity index (χ0n) is 11.2. The molecule has 0 spiro atoms. The number of aromatic nitrogens is 2. The Morgan fingerprint density at radius 3 is 2.67 bits per heavy atom. The number of para-hydroxylation sites is 1. The summed E-state index contributed by atoms with van der Waals surface area (Å²) in [5.74, 6) is 1.02. The maximum atomic E-state index is 6.34. The Hall–Kier alpha value is -1.02. The summed E-state index contributed by atoms with van der Waals surface area (Å²) >= 11 is 6.34. The van der Waals surface area contributed by atoms with E-state index < -0.39 is 0 Å². The molecule has 0 amide bonds. The molecule has 1 fully saturated rings. The van der Waals surface area contributed by atoms with E-state index in [0.717, 1.165) is 11.3 Å². The lowest BCUT2D eigenvalue weighted by molar-refractivity contribution is 0.169. The summed E-state index contributed by atoms with van der Waals surface area (Å²) in [6.07, 6.45) is 3.75. The van der Waals surface area contributed by atoms with Crippen molar-refractivity contribution in [2.45, 2.75) is 50.9 Å². The topological polar surface area (TPSA) is 17.8 Å². The fraction of sp³-hybridized carbons (Fsp3) is 0.533. The molecule has 96 valence electrons. The standard InChI is InChI=1S/C15H19ClN2/c1-10-6-4-7-12-13(10)17-14(11(2)16)18(12)15(3)8-5-9-15/h4,6-7,11H,5,8-9H2,1-3H3. The van der Waals surface area contributed by atoms with Crippen LogP contribution in [-0.4, -0.2) is 9.55 Å². The largest absolute Gasteiger partial charge is 0.321 e. The number of alkyl halides is 1. The molecule has 1 atom stereocenters. The van der Waals surface area contributed by atoms with Crippen LogP contribution >= 0.6 is 11.6 Å². The van der Waals surface area contributed by atoms with E-state index in [1.807, 2.05) is 6.92 Å². The summed E-state index contributed by atoms with van der Waals surface area (Å²) in [7, 11) is 0. The van der Waals surface area contributed by atoms with Crippen LogP contribution in [-0.2, 0) is 5.54 Å². The number of halogens is 1. The van der Waals surface area contributed by atoms with Gasteiger partial charge in [0.15, 0.2) is 0 Å². The van der Waals surface area contributed by atoms with Gasteiger partial charge >= 0.3 is 0 Å². The van der Waals surface area contributed by atoms with Gasteiger partial charge in [-0.2, -0.15) is 0 Å². The average molecular weight is 263 g/mol. The predicted molar refractivity (Wildman–Crippen MR) is 76.2 cm³/mol. The smallest absolute Gasteiger partial charge is 0.128 e. The van der Waals surface area contributed by atoms with Crippen molar-refractivity contribution in [3.63, 3.8) is 0 Å². The molecule has 1 aromatic heterocycles. The summed E-state index contributed by atoms with van der Waals surface area (Å²) < 4.78 is 2.39. The molecule has 3 rings (SSSR count). The minimum Gasteiger partial charge on any atom is -0.321 e. The molecule has 2 aromatic rings. The zero-order valence-corrected chi connectivity index (χ0v) is 12.0. The van der Waals surface area contributed by atoms with Crippen molar-refractivity contribution in [3.05, 3.63) is 29.6 Å². The first-order chi connectivity index (χ1) is 8.53. The third-order valence-electron chi connectivity index (χ3n) is 4.24. The van der Waals surface area contributed by atoms with Gasteiger partial charge in [0.25, 0.3) is 0 Å². The van der Waals surface area contributed by atoms with E-state index in [4.69, 9.17) is 16.6 Å². The Bertz CT molecular complexity index is 594. The molecule has 0 bridgehead atoms. The Balaban J connectivity index is 2.32. The molecule has 0 saturated heterocycles. The minimum atomic E-state index is -0.0470. The van der Waals surface area contributed by atoms with Gasteiger partial charge in [0.1, 0.15) is 5.82 Å². The van der Waals surface area contributed by atoms with Crippen molar-refractivity contribution in [1.82, 2.24) is 9.55 Å². The molecule has 0 radical (unpaired) electrons. The minimum absolute atomic E-state index is 0.0470. The van der Waals surface area contributed by atoms with Gasteiger partial charge in [-0.3, -0.25) is 0 Å². The number of rotatable bonds is 2. The number of aryl methyl sites for hydroxylation is 1. The second kappa shape index (κ2) is 3.99. The summed E-state index contributed by atoms with van der Waals surface area (Å²) in [5.41, 5.74) is 3.78. The highest BCUT2D eigenvalue weighted by Gasteiger charge is 2.37. The van der Waals surface area contributed by atoms with Gasteiger partial charge in [0.2, 0.25) is 0 Å². The van der Waals surface area contributed by atoms with Crippen LogP contribution in [0.5, 0.6) is 0 Å². The Morgan fingerprint density at radius 1 is 1.39 bits per heavy atom. The van der Waals surface area contributed by atoms with E-state index in [9.17, 15) is 0 Å². The molecule has 1 saturated carbocycles.